The number of benzene rings is 2. The lowest BCUT2D eigenvalue weighted by atomic mass is 9.84. The smallest absolute Gasteiger partial charge is 0.303 e. The highest BCUT2D eigenvalue weighted by molar-refractivity contribution is 5.66. The Morgan fingerprint density at radius 1 is 1.00 bits per heavy atom. The van der Waals surface area contributed by atoms with Gasteiger partial charge >= 0.3 is 5.97 Å². The fourth-order valence-electron chi connectivity index (χ4n) is 3.70. The van der Waals surface area contributed by atoms with Crippen molar-refractivity contribution in [1.82, 2.24) is 0 Å². The van der Waals surface area contributed by atoms with Crippen LogP contribution in [0, 0.1) is 12.0 Å². The van der Waals surface area contributed by atoms with Crippen molar-refractivity contribution < 1.29 is 14.3 Å². The van der Waals surface area contributed by atoms with Gasteiger partial charge in [0.05, 0.1) is 0 Å². The summed E-state index contributed by atoms with van der Waals surface area (Å²) >= 11 is 0. The molecule has 125 valence electrons. The molecule has 2 aromatic rings. The largest absolute Gasteiger partial charge is 0.459 e. The highest BCUT2D eigenvalue weighted by atomic mass is 16.6. The molecule has 1 radical (unpaired) electrons. The number of carbonyl (C=O) groups excluding carboxylic acids is 1. The van der Waals surface area contributed by atoms with Gasteiger partial charge < -0.3 is 9.47 Å². The van der Waals surface area contributed by atoms with Gasteiger partial charge in [0.15, 0.2) is 0 Å². The van der Waals surface area contributed by atoms with Gasteiger partial charge in [-0.05, 0) is 24.5 Å². The van der Waals surface area contributed by atoms with E-state index in [-0.39, 0.29) is 23.4 Å². The van der Waals surface area contributed by atoms with E-state index in [1.54, 1.807) is 7.11 Å². The lowest BCUT2D eigenvalue weighted by Crippen LogP contribution is -2.30. The third kappa shape index (κ3) is 2.96. The van der Waals surface area contributed by atoms with E-state index in [1.165, 1.54) is 18.1 Å². The summed E-state index contributed by atoms with van der Waals surface area (Å²) in [6.45, 7) is 3.33. The summed E-state index contributed by atoms with van der Waals surface area (Å²) in [5.41, 5.74) is 2.37. The van der Waals surface area contributed by atoms with Crippen molar-refractivity contribution in [2.24, 2.45) is 5.92 Å². The predicted octanol–water partition coefficient (Wildman–Crippen LogP) is 4.12. The van der Waals surface area contributed by atoms with E-state index in [2.05, 4.69) is 48.5 Å². The van der Waals surface area contributed by atoms with Gasteiger partial charge in [-0.25, -0.2) is 0 Å². The lowest BCUT2D eigenvalue weighted by molar-refractivity contribution is -0.149. The quantitative estimate of drug-likeness (QED) is 0.750. The number of rotatable bonds is 6. The van der Waals surface area contributed by atoms with Crippen molar-refractivity contribution in [2.45, 2.75) is 31.8 Å². The molecule has 1 aliphatic carbocycles. The third-order valence-corrected chi connectivity index (χ3v) is 4.97. The van der Waals surface area contributed by atoms with Crippen LogP contribution >= 0.6 is 0 Å². The van der Waals surface area contributed by atoms with Crippen LogP contribution < -0.4 is 0 Å². The Hall–Kier alpha value is -2.13. The van der Waals surface area contributed by atoms with Gasteiger partial charge in [-0.1, -0.05) is 60.7 Å². The standard InChI is InChI=1S/C21H23O3/c1-15(23-3)20(24-16(2)22)19-14-21(19,17-10-6-4-7-11-17)18-12-8-5-9-13-18/h4-13,19-20H,14H2,1-3H3. The Morgan fingerprint density at radius 3 is 1.92 bits per heavy atom. The molecule has 0 heterocycles. The summed E-state index contributed by atoms with van der Waals surface area (Å²) in [7, 11) is 1.63. The Bertz CT molecular complexity index is 641. The minimum atomic E-state index is -0.340. The van der Waals surface area contributed by atoms with Crippen LogP contribution in [0.1, 0.15) is 31.4 Å². The van der Waals surface area contributed by atoms with Crippen LogP contribution in [-0.4, -0.2) is 19.2 Å². The molecule has 0 N–H and O–H groups in total. The van der Waals surface area contributed by atoms with E-state index in [0.29, 0.717) is 0 Å². The van der Waals surface area contributed by atoms with E-state index in [0.717, 1.165) is 12.5 Å². The summed E-state index contributed by atoms with van der Waals surface area (Å²) in [6.07, 6.45) is 1.33. The number of methoxy groups -OCH3 is 1. The SMILES string of the molecule is CO[C](C)C(OC(C)=O)C1CC1(c1ccccc1)c1ccccc1. The molecule has 3 heteroatoms. The van der Waals surface area contributed by atoms with Crippen molar-refractivity contribution in [3.63, 3.8) is 0 Å². The van der Waals surface area contributed by atoms with Crippen molar-refractivity contribution in [3.05, 3.63) is 77.9 Å². The lowest BCUT2D eigenvalue weighted by Gasteiger charge is -2.26. The summed E-state index contributed by atoms with van der Waals surface area (Å²) in [5, 5.41) is 0. The van der Waals surface area contributed by atoms with E-state index < -0.39 is 0 Å². The Balaban J connectivity index is 2.01. The first-order valence-electron chi connectivity index (χ1n) is 8.25. The van der Waals surface area contributed by atoms with Crippen LogP contribution in [0.5, 0.6) is 0 Å². The van der Waals surface area contributed by atoms with Crippen LogP contribution in [0.2, 0.25) is 0 Å². The molecule has 1 aliphatic rings. The molecule has 0 aromatic heterocycles. The molecule has 3 nitrogen and oxygen atoms in total. The fourth-order valence-corrected chi connectivity index (χ4v) is 3.70. The molecule has 2 unspecified atom stereocenters. The molecule has 2 atom stereocenters. The van der Waals surface area contributed by atoms with E-state index in [4.69, 9.17) is 9.47 Å². The maximum Gasteiger partial charge on any atom is 0.303 e. The molecule has 0 spiro atoms. The molecule has 3 rings (SSSR count). The minimum Gasteiger partial charge on any atom is -0.459 e. The summed E-state index contributed by atoms with van der Waals surface area (Å²) in [6, 6.07) is 20.9. The highest BCUT2D eigenvalue weighted by Gasteiger charge is 2.61. The van der Waals surface area contributed by atoms with E-state index in [9.17, 15) is 4.79 Å². The number of carbonyl (C=O) groups is 1. The second kappa shape index (κ2) is 6.78. The van der Waals surface area contributed by atoms with Gasteiger partial charge in [0, 0.05) is 25.4 Å². The maximum absolute atomic E-state index is 11.6. The van der Waals surface area contributed by atoms with Gasteiger partial charge in [0.25, 0.3) is 0 Å². The van der Waals surface area contributed by atoms with Crippen LogP contribution in [-0.2, 0) is 19.7 Å². The molecule has 1 fully saturated rings. The zero-order valence-electron chi connectivity index (χ0n) is 14.4. The summed E-state index contributed by atoms with van der Waals surface area (Å²) < 4.78 is 11.0. The first-order chi connectivity index (χ1) is 11.6. The van der Waals surface area contributed by atoms with Crippen LogP contribution in [0.15, 0.2) is 60.7 Å². The van der Waals surface area contributed by atoms with Gasteiger partial charge in [0.1, 0.15) is 12.2 Å². The Kier molecular flexibility index (Phi) is 4.72. The normalized spacial score (nSPS) is 19.8. The molecule has 0 amide bonds. The van der Waals surface area contributed by atoms with Crippen molar-refractivity contribution in [3.8, 4) is 0 Å². The zero-order valence-corrected chi connectivity index (χ0v) is 14.4. The minimum absolute atomic E-state index is 0.136. The van der Waals surface area contributed by atoms with Crippen molar-refractivity contribution in [2.75, 3.05) is 7.11 Å². The van der Waals surface area contributed by atoms with E-state index >= 15 is 0 Å². The van der Waals surface area contributed by atoms with Gasteiger partial charge in [-0.2, -0.15) is 0 Å². The third-order valence-electron chi connectivity index (χ3n) is 4.97. The van der Waals surface area contributed by atoms with Crippen LogP contribution in [0.25, 0.3) is 0 Å². The van der Waals surface area contributed by atoms with Crippen LogP contribution in [0.3, 0.4) is 0 Å². The van der Waals surface area contributed by atoms with Gasteiger partial charge in [-0.15, -0.1) is 0 Å². The van der Waals surface area contributed by atoms with Crippen molar-refractivity contribution >= 4 is 5.97 Å². The van der Waals surface area contributed by atoms with Crippen LogP contribution in [0.4, 0.5) is 0 Å². The van der Waals surface area contributed by atoms with Crippen molar-refractivity contribution in [1.29, 1.82) is 0 Å². The van der Waals surface area contributed by atoms with Gasteiger partial charge in [-0.3, -0.25) is 4.79 Å². The Morgan fingerprint density at radius 2 is 1.50 bits per heavy atom. The second-order valence-corrected chi connectivity index (χ2v) is 6.36. The molecular weight excluding hydrogens is 300 g/mol. The monoisotopic (exact) mass is 323 g/mol. The Labute approximate surface area is 143 Å². The first-order valence-corrected chi connectivity index (χ1v) is 8.25. The predicted molar refractivity (Wildman–Crippen MR) is 93.3 cm³/mol. The number of ether oxygens (including phenoxy) is 2. The summed E-state index contributed by atoms with van der Waals surface area (Å²) in [4.78, 5) is 11.6. The highest BCUT2D eigenvalue weighted by Crippen LogP contribution is 2.62. The number of hydrogen-bond donors (Lipinski definition) is 0. The molecular formula is C21H23O3. The number of hydrogen-bond acceptors (Lipinski definition) is 3. The molecule has 0 aliphatic heterocycles. The number of esters is 1. The molecule has 0 saturated heterocycles. The summed E-state index contributed by atoms with van der Waals surface area (Å²) in [5.74, 6) is -0.107. The fraction of sp³-hybridized carbons (Fsp3) is 0.333. The van der Waals surface area contributed by atoms with E-state index in [1.807, 2.05) is 19.1 Å². The molecule has 0 bridgehead atoms. The topological polar surface area (TPSA) is 35.5 Å². The molecule has 2 aromatic carbocycles. The molecule has 1 saturated carbocycles. The average Bonchev–Trinajstić information content (AvgIpc) is 3.37. The molecule has 24 heavy (non-hydrogen) atoms. The maximum atomic E-state index is 11.6. The average molecular weight is 323 g/mol. The van der Waals surface area contributed by atoms with Gasteiger partial charge in [0.2, 0.25) is 0 Å². The first kappa shape index (κ1) is 16.7. The zero-order chi connectivity index (χ0) is 17.2. The second-order valence-electron chi connectivity index (χ2n) is 6.36.